The molecule has 1 aromatic rings. The summed E-state index contributed by atoms with van der Waals surface area (Å²) < 4.78 is 13.5. The van der Waals surface area contributed by atoms with Crippen LogP contribution in [0.4, 0.5) is 4.39 Å². The van der Waals surface area contributed by atoms with Gasteiger partial charge in [-0.3, -0.25) is 0 Å². The summed E-state index contributed by atoms with van der Waals surface area (Å²) in [5.74, 6) is -0.149. The molecule has 1 aromatic heterocycles. The maximum Gasteiger partial charge on any atom is 0.159 e. The first-order chi connectivity index (χ1) is 7.24. The molecule has 0 spiro atoms. The Labute approximate surface area is 100 Å². The Hall–Kier alpha value is -0.520. The highest BCUT2D eigenvalue weighted by atomic mass is 79.9. The minimum Gasteiger partial charge on any atom is -0.305 e. The molecule has 15 heavy (non-hydrogen) atoms. The molecule has 1 aliphatic carbocycles. The Kier molecular flexibility index (Phi) is 3.66. The van der Waals surface area contributed by atoms with Gasteiger partial charge in [-0.05, 0) is 34.5 Å². The molecule has 0 amide bonds. The highest BCUT2D eigenvalue weighted by molar-refractivity contribution is 9.11. The summed E-state index contributed by atoms with van der Waals surface area (Å²) in [6, 6.07) is 0.213. The Balaban J connectivity index is 1.82. The molecule has 0 aliphatic heterocycles. The second-order valence-electron chi connectivity index (χ2n) is 3.26. The molecule has 0 fully saturated rings. The third kappa shape index (κ3) is 3.22. The van der Waals surface area contributed by atoms with Gasteiger partial charge in [-0.2, -0.15) is 0 Å². The van der Waals surface area contributed by atoms with Gasteiger partial charge in [-0.15, -0.1) is 11.3 Å². The second-order valence-corrected chi connectivity index (χ2v) is 5.40. The quantitative estimate of drug-likeness (QED) is 0.924. The molecule has 1 aliphatic rings. The van der Waals surface area contributed by atoms with Crippen LogP contribution in [0.15, 0.2) is 33.4 Å². The summed E-state index contributed by atoms with van der Waals surface area (Å²) in [4.78, 5) is 4.27. The number of allylic oxidation sites excluding steroid dienone is 2. The highest BCUT2D eigenvalue weighted by Crippen LogP contribution is 2.16. The van der Waals surface area contributed by atoms with Gasteiger partial charge in [0.1, 0.15) is 5.83 Å². The van der Waals surface area contributed by atoms with Crippen LogP contribution in [0.3, 0.4) is 0 Å². The predicted molar refractivity (Wildman–Crippen MR) is 63.4 cm³/mol. The van der Waals surface area contributed by atoms with E-state index in [2.05, 4.69) is 26.2 Å². The van der Waals surface area contributed by atoms with E-state index in [0.717, 1.165) is 9.61 Å². The first-order valence-corrected chi connectivity index (χ1v) is 6.28. The van der Waals surface area contributed by atoms with E-state index in [4.69, 9.17) is 0 Å². The predicted octanol–water partition coefficient (Wildman–Crippen LogP) is 3.18. The largest absolute Gasteiger partial charge is 0.305 e. The highest BCUT2D eigenvalue weighted by Gasteiger charge is 2.08. The van der Waals surface area contributed by atoms with Crippen molar-refractivity contribution < 1.29 is 4.39 Å². The number of nitrogens with zero attached hydrogens (tertiary/aromatic N) is 1. The van der Waals surface area contributed by atoms with Crippen LogP contribution >= 0.6 is 27.3 Å². The van der Waals surface area contributed by atoms with Crippen LogP contribution in [-0.4, -0.2) is 11.0 Å². The summed E-state index contributed by atoms with van der Waals surface area (Å²) in [5, 5.41) is 5.30. The first kappa shape index (κ1) is 11.0. The topological polar surface area (TPSA) is 24.9 Å². The van der Waals surface area contributed by atoms with Crippen LogP contribution in [0.2, 0.25) is 0 Å². The van der Waals surface area contributed by atoms with Crippen molar-refractivity contribution in [2.75, 3.05) is 0 Å². The van der Waals surface area contributed by atoms with Crippen molar-refractivity contribution in [3.8, 4) is 0 Å². The number of aromatic nitrogens is 1. The monoisotopic (exact) mass is 288 g/mol. The Morgan fingerprint density at radius 1 is 1.67 bits per heavy atom. The number of hydrogen-bond donors (Lipinski definition) is 1. The summed E-state index contributed by atoms with van der Waals surface area (Å²) in [6.45, 7) is 0.715. The zero-order valence-corrected chi connectivity index (χ0v) is 10.3. The van der Waals surface area contributed by atoms with E-state index < -0.39 is 0 Å². The van der Waals surface area contributed by atoms with Crippen LogP contribution < -0.4 is 5.32 Å². The molecule has 5 heteroatoms. The van der Waals surface area contributed by atoms with E-state index in [1.165, 1.54) is 6.08 Å². The molecule has 1 unspecified atom stereocenters. The SMILES string of the molecule is FC1=CCC(NCc2csc(Br)n2)C=C1. The lowest BCUT2D eigenvalue weighted by Gasteiger charge is -2.14. The van der Waals surface area contributed by atoms with Crippen molar-refractivity contribution >= 4 is 27.3 Å². The van der Waals surface area contributed by atoms with Crippen LogP contribution in [0.5, 0.6) is 0 Å². The number of hydrogen-bond acceptors (Lipinski definition) is 3. The van der Waals surface area contributed by atoms with Gasteiger partial charge in [-0.25, -0.2) is 9.37 Å². The van der Waals surface area contributed by atoms with Crippen molar-refractivity contribution in [3.05, 3.63) is 39.0 Å². The minimum atomic E-state index is -0.149. The molecule has 0 radical (unpaired) electrons. The van der Waals surface area contributed by atoms with Gasteiger partial charge in [0.25, 0.3) is 0 Å². The summed E-state index contributed by atoms with van der Waals surface area (Å²) >= 11 is 4.88. The Morgan fingerprint density at radius 2 is 2.53 bits per heavy atom. The molecule has 0 bridgehead atoms. The van der Waals surface area contributed by atoms with E-state index in [-0.39, 0.29) is 11.9 Å². The third-order valence-corrected chi connectivity index (χ3v) is 3.54. The summed E-state index contributed by atoms with van der Waals surface area (Å²) in [7, 11) is 0. The normalized spacial score (nSPS) is 20.4. The first-order valence-electron chi connectivity index (χ1n) is 4.61. The number of thiazole rings is 1. The molecule has 0 aromatic carbocycles. The molecule has 1 heterocycles. The Bertz CT molecular complexity index is 400. The van der Waals surface area contributed by atoms with Crippen molar-refractivity contribution in [1.29, 1.82) is 0 Å². The van der Waals surface area contributed by atoms with Crippen LogP contribution in [-0.2, 0) is 6.54 Å². The average Bonchev–Trinajstić information content (AvgIpc) is 2.64. The van der Waals surface area contributed by atoms with E-state index >= 15 is 0 Å². The van der Waals surface area contributed by atoms with Gasteiger partial charge >= 0.3 is 0 Å². The number of rotatable bonds is 3. The molecule has 80 valence electrons. The third-order valence-electron chi connectivity index (χ3n) is 2.12. The minimum absolute atomic E-state index is 0.149. The van der Waals surface area contributed by atoms with E-state index in [9.17, 15) is 4.39 Å². The lowest BCUT2D eigenvalue weighted by molar-refractivity contribution is 0.566. The molecule has 0 saturated heterocycles. The van der Waals surface area contributed by atoms with Gasteiger partial charge in [0.05, 0.1) is 5.69 Å². The summed E-state index contributed by atoms with van der Waals surface area (Å²) in [5.41, 5.74) is 1.01. The van der Waals surface area contributed by atoms with Crippen LogP contribution in [0.1, 0.15) is 12.1 Å². The summed E-state index contributed by atoms with van der Waals surface area (Å²) in [6.07, 6.45) is 5.64. The van der Waals surface area contributed by atoms with Gasteiger partial charge in [0.2, 0.25) is 0 Å². The zero-order chi connectivity index (χ0) is 10.7. The molecule has 2 nitrogen and oxygen atoms in total. The van der Waals surface area contributed by atoms with Crippen molar-refractivity contribution in [2.45, 2.75) is 19.0 Å². The van der Waals surface area contributed by atoms with E-state index in [0.29, 0.717) is 13.0 Å². The maximum atomic E-state index is 12.7. The van der Waals surface area contributed by atoms with Crippen molar-refractivity contribution in [2.24, 2.45) is 0 Å². The molecule has 0 saturated carbocycles. The Morgan fingerprint density at radius 3 is 3.13 bits per heavy atom. The maximum absolute atomic E-state index is 12.7. The average molecular weight is 289 g/mol. The molecular weight excluding hydrogens is 279 g/mol. The number of nitrogens with one attached hydrogen (secondary N) is 1. The van der Waals surface area contributed by atoms with E-state index in [1.807, 2.05) is 11.5 Å². The lowest BCUT2D eigenvalue weighted by Crippen LogP contribution is -2.27. The van der Waals surface area contributed by atoms with Gasteiger partial charge in [0.15, 0.2) is 3.92 Å². The van der Waals surface area contributed by atoms with Gasteiger partial charge in [0, 0.05) is 18.0 Å². The number of halogens is 2. The van der Waals surface area contributed by atoms with Crippen molar-refractivity contribution in [1.82, 2.24) is 10.3 Å². The fraction of sp³-hybridized carbons (Fsp3) is 0.300. The smallest absolute Gasteiger partial charge is 0.159 e. The molecule has 1 N–H and O–H groups in total. The lowest BCUT2D eigenvalue weighted by atomic mass is 10.1. The van der Waals surface area contributed by atoms with E-state index in [1.54, 1.807) is 17.4 Å². The second kappa shape index (κ2) is 5.01. The van der Waals surface area contributed by atoms with Gasteiger partial charge < -0.3 is 5.32 Å². The van der Waals surface area contributed by atoms with Gasteiger partial charge in [-0.1, -0.05) is 6.08 Å². The molecular formula is C10H10BrFN2S. The van der Waals surface area contributed by atoms with Crippen LogP contribution in [0.25, 0.3) is 0 Å². The van der Waals surface area contributed by atoms with Crippen molar-refractivity contribution in [3.63, 3.8) is 0 Å². The zero-order valence-electron chi connectivity index (χ0n) is 7.91. The molecule has 2 rings (SSSR count). The fourth-order valence-electron chi connectivity index (χ4n) is 1.34. The van der Waals surface area contributed by atoms with Crippen LogP contribution in [0, 0.1) is 0 Å². The fourth-order valence-corrected chi connectivity index (χ4v) is 2.39. The molecule has 1 atom stereocenters. The standard InChI is InChI=1S/C10H10BrFN2S/c11-10-14-9(6-15-10)5-13-8-3-1-7(12)2-4-8/h1-3,6,8,13H,4-5H2.